The van der Waals surface area contributed by atoms with E-state index in [9.17, 15) is 8.78 Å². The Bertz CT molecular complexity index is 572. The smallest absolute Gasteiger partial charge is 0.297 e. The molecule has 0 spiro atoms. The molecule has 20 heavy (non-hydrogen) atoms. The SMILES string of the molecule is CCCCN(CC)c1nc(C(F)F)nc2ccccc12. The molecule has 0 aliphatic heterocycles. The lowest BCUT2D eigenvalue weighted by molar-refractivity contribution is 0.141. The third-order valence-corrected chi connectivity index (χ3v) is 3.26. The van der Waals surface area contributed by atoms with Gasteiger partial charge in [-0.25, -0.2) is 18.7 Å². The lowest BCUT2D eigenvalue weighted by Crippen LogP contribution is -2.25. The van der Waals surface area contributed by atoms with E-state index in [4.69, 9.17) is 0 Å². The van der Waals surface area contributed by atoms with E-state index in [1.54, 1.807) is 12.1 Å². The van der Waals surface area contributed by atoms with E-state index < -0.39 is 12.2 Å². The van der Waals surface area contributed by atoms with Crippen LogP contribution in [0.4, 0.5) is 14.6 Å². The summed E-state index contributed by atoms with van der Waals surface area (Å²) in [5, 5.41) is 0.829. The monoisotopic (exact) mass is 279 g/mol. The van der Waals surface area contributed by atoms with Gasteiger partial charge in [0.2, 0.25) is 0 Å². The quantitative estimate of drug-likeness (QED) is 0.793. The molecule has 0 saturated carbocycles. The van der Waals surface area contributed by atoms with Crippen molar-refractivity contribution in [3.8, 4) is 0 Å². The minimum atomic E-state index is -2.65. The van der Waals surface area contributed by atoms with Gasteiger partial charge in [0.1, 0.15) is 5.82 Å². The fraction of sp³-hybridized carbons (Fsp3) is 0.467. The summed E-state index contributed by atoms with van der Waals surface area (Å²) in [5.74, 6) is 0.218. The average Bonchev–Trinajstić information content (AvgIpc) is 2.47. The van der Waals surface area contributed by atoms with Crippen molar-refractivity contribution >= 4 is 16.7 Å². The van der Waals surface area contributed by atoms with E-state index in [2.05, 4.69) is 16.9 Å². The predicted octanol–water partition coefficient (Wildman–Crippen LogP) is 4.19. The average molecular weight is 279 g/mol. The number of nitrogens with zero attached hydrogens (tertiary/aromatic N) is 3. The number of alkyl halides is 2. The fourth-order valence-corrected chi connectivity index (χ4v) is 2.18. The first-order chi connectivity index (χ1) is 9.67. The van der Waals surface area contributed by atoms with Crippen molar-refractivity contribution in [3.63, 3.8) is 0 Å². The van der Waals surface area contributed by atoms with Crippen LogP contribution in [-0.4, -0.2) is 23.1 Å². The molecule has 1 aromatic carbocycles. The van der Waals surface area contributed by atoms with Gasteiger partial charge in [-0.2, -0.15) is 0 Å². The number of unbranched alkanes of at least 4 members (excludes halogenated alkanes) is 1. The summed E-state index contributed by atoms with van der Waals surface area (Å²) in [7, 11) is 0. The van der Waals surface area contributed by atoms with Crippen LogP contribution in [0.3, 0.4) is 0 Å². The standard InChI is InChI=1S/C15H19F2N3/c1-3-5-10-20(4-2)15-11-8-6-7-9-12(11)18-14(19-15)13(16)17/h6-9,13H,3-5,10H2,1-2H3. The molecule has 0 N–H and O–H groups in total. The minimum Gasteiger partial charge on any atom is -0.356 e. The molecule has 2 aromatic rings. The third-order valence-electron chi connectivity index (χ3n) is 3.26. The second kappa shape index (κ2) is 6.59. The molecule has 0 aliphatic carbocycles. The van der Waals surface area contributed by atoms with Crippen molar-refractivity contribution < 1.29 is 8.78 Å². The van der Waals surface area contributed by atoms with Crippen LogP contribution in [-0.2, 0) is 0 Å². The molecule has 0 amide bonds. The highest BCUT2D eigenvalue weighted by atomic mass is 19.3. The van der Waals surface area contributed by atoms with Gasteiger partial charge in [-0.1, -0.05) is 25.5 Å². The Balaban J connectivity index is 2.53. The Morgan fingerprint density at radius 1 is 1.15 bits per heavy atom. The van der Waals surface area contributed by atoms with Crippen LogP contribution in [0.2, 0.25) is 0 Å². The molecule has 0 unspecified atom stereocenters. The Hall–Kier alpha value is -1.78. The summed E-state index contributed by atoms with van der Waals surface area (Å²) < 4.78 is 25.9. The van der Waals surface area contributed by atoms with E-state index in [0.717, 1.165) is 31.3 Å². The van der Waals surface area contributed by atoms with Crippen LogP contribution in [0.1, 0.15) is 38.9 Å². The first-order valence-electron chi connectivity index (χ1n) is 6.97. The predicted molar refractivity (Wildman–Crippen MR) is 77.3 cm³/mol. The summed E-state index contributed by atoms with van der Waals surface area (Å²) in [6, 6.07) is 7.32. The molecule has 0 saturated heterocycles. The highest BCUT2D eigenvalue weighted by Gasteiger charge is 2.17. The number of rotatable bonds is 6. The van der Waals surface area contributed by atoms with Crippen molar-refractivity contribution in [2.45, 2.75) is 33.1 Å². The third kappa shape index (κ3) is 3.03. The normalized spacial score (nSPS) is 11.2. The molecule has 1 heterocycles. The summed E-state index contributed by atoms with van der Waals surface area (Å²) in [5.41, 5.74) is 0.572. The Labute approximate surface area is 117 Å². The molecule has 5 heteroatoms. The van der Waals surface area contributed by atoms with Crippen molar-refractivity contribution in [3.05, 3.63) is 30.1 Å². The van der Waals surface area contributed by atoms with E-state index in [-0.39, 0.29) is 0 Å². The Kier molecular flexibility index (Phi) is 4.82. The molecule has 1 aromatic heterocycles. The molecule has 0 fully saturated rings. The maximum absolute atomic E-state index is 13.0. The second-order valence-corrected chi connectivity index (χ2v) is 4.66. The molecule has 2 rings (SSSR count). The number of benzene rings is 1. The van der Waals surface area contributed by atoms with Gasteiger partial charge < -0.3 is 4.90 Å². The zero-order chi connectivity index (χ0) is 14.5. The van der Waals surface area contributed by atoms with E-state index in [1.165, 1.54) is 0 Å². The van der Waals surface area contributed by atoms with Crippen LogP contribution in [0.5, 0.6) is 0 Å². The number of para-hydroxylation sites is 1. The van der Waals surface area contributed by atoms with Gasteiger partial charge in [-0.15, -0.1) is 0 Å². The van der Waals surface area contributed by atoms with Crippen molar-refractivity contribution in [2.75, 3.05) is 18.0 Å². The molecule has 0 radical (unpaired) electrons. The molecular formula is C15H19F2N3. The summed E-state index contributed by atoms with van der Waals surface area (Å²) in [6.07, 6.45) is -0.583. The van der Waals surface area contributed by atoms with Crippen molar-refractivity contribution in [2.24, 2.45) is 0 Å². The summed E-state index contributed by atoms with van der Waals surface area (Å²) in [4.78, 5) is 10.1. The Morgan fingerprint density at radius 3 is 2.55 bits per heavy atom. The number of anilines is 1. The molecule has 0 bridgehead atoms. The summed E-state index contributed by atoms with van der Waals surface area (Å²) in [6.45, 7) is 5.67. The number of halogens is 2. The van der Waals surface area contributed by atoms with Crippen LogP contribution in [0, 0.1) is 0 Å². The van der Waals surface area contributed by atoms with Gasteiger partial charge in [-0.3, -0.25) is 0 Å². The first-order valence-corrected chi connectivity index (χ1v) is 6.97. The fourth-order valence-electron chi connectivity index (χ4n) is 2.18. The topological polar surface area (TPSA) is 29.0 Å². The number of hydrogen-bond acceptors (Lipinski definition) is 3. The van der Waals surface area contributed by atoms with E-state index in [1.807, 2.05) is 24.0 Å². The van der Waals surface area contributed by atoms with Crippen LogP contribution < -0.4 is 4.90 Å². The lowest BCUT2D eigenvalue weighted by atomic mass is 10.2. The molecule has 0 atom stereocenters. The van der Waals surface area contributed by atoms with Gasteiger partial charge in [0, 0.05) is 18.5 Å². The van der Waals surface area contributed by atoms with Gasteiger partial charge in [0.05, 0.1) is 5.52 Å². The molecule has 3 nitrogen and oxygen atoms in total. The highest BCUT2D eigenvalue weighted by Crippen LogP contribution is 2.27. The minimum absolute atomic E-state index is 0.395. The van der Waals surface area contributed by atoms with E-state index in [0.29, 0.717) is 11.3 Å². The maximum Gasteiger partial charge on any atom is 0.297 e. The highest BCUT2D eigenvalue weighted by molar-refractivity contribution is 5.89. The maximum atomic E-state index is 13.0. The largest absolute Gasteiger partial charge is 0.356 e. The zero-order valence-electron chi connectivity index (χ0n) is 11.8. The number of fused-ring (bicyclic) bond motifs is 1. The number of hydrogen-bond donors (Lipinski definition) is 0. The molecule has 0 aliphatic rings. The lowest BCUT2D eigenvalue weighted by Gasteiger charge is -2.23. The second-order valence-electron chi connectivity index (χ2n) is 4.66. The van der Waals surface area contributed by atoms with Crippen LogP contribution in [0.15, 0.2) is 24.3 Å². The van der Waals surface area contributed by atoms with E-state index >= 15 is 0 Å². The van der Waals surface area contributed by atoms with Gasteiger partial charge >= 0.3 is 0 Å². The summed E-state index contributed by atoms with van der Waals surface area (Å²) >= 11 is 0. The van der Waals surface area contributed by atoms with Gasteiger partial charge in [0.25, 0.3) is 6.43 Å². The number of aromatic nitrogens is 2. The van der Waals surface area contributed by atoms with Gasteiger partial charge in [-0.05, 0) is 25.5 Å². The van der Waals surface area contributed by atoms with Crippen molar-refractivity contribution in [1.82, 2.24) is 9.97 Å². The van der Waals surface area contributed by atoms with Crippen LogP contribution in [0.25, 0.3) is 10.9 Å². The van der Waals surface area contributed by atoms with Gasteiger partial charge in [0.15, 0.2) is 5.82 Å². The van der Waals surface area contributed by atoms with Crippen molar-refractivity contribution in [1.29, 1.82) is 0 Å². The zero-order valence-corrected chi connectivity index (χ0v) is 11.8. The Morgan fingerprint density at radius 2 is 1.90 bits per heavy atom. The molecule has 108 valence electrons. The van der Waals surface area contributed by atoms with Crippen LogP contribution >= 0.6 is 0 Å². The molecular weight excluding hydrogens is 260 g/mol. The first kappa shape index (κ1) is 14.6.